The van der Waals surface area contributed by atoms with Gasteiger partial charge < -0.3 is 10.6 Å². The Morgan fingerprint density at radius 3 is 2.44 bits per heavy atom. The topological polar surface area (TPSA) is 70.6 Å². The molecule has 1 atom stereocenters. The molecule has 0 radical (unpaired) electrons. The number of nitrogens with one attached hydrogen (secondary N) is 2. The molecule has 1 aliphatic rings. The SMILES string of the molecule is CCNC(=NCC1CCC(c2ccccc2)CC1)NC(C)CCS(C)(=O)=O. The highest BCUT2D eigenvalue weighted by atomic mass is 32.2. The maximum Gasteiger partial charge on any atom is 0.191 e. The number of guanidine groups is 1. The smallest absolute Gasteiger partial charge is 0.191 e. The van der Waals surface area contributed by atoms with Gasteiger partial charge in [-0.05, 0) is 63.4 Å². The van der Waals surface area contributed by atoms with Crippen molar-refractivity contribution in [2.75, 3.05) is 25.1 Å². The molecule has 5 nitrogen and oxygen atoms in total. The summed E-state index contributed by atoms with van der Waals surface area (Å²) in [6.07, 6.45) is 6.77. The predicted molar refractivity (Wildman–Crippen MR) is 114 cm³/mol. The van der Waals surface area contributed by atoms with Gasteiger partial charge in [-0.2, -0.15) is 0 Å². The lowest BCUT2D eigenvalue weighted by molar-refractivity contribution is 0.333. The molecule has 1 unspecified atom stereocenters. The maximum atomic E-state index is 11.3. The molecule has 1 aromatic rings. The Labute approximate surface area is 165 Å². The van der Waals surface area contributed by atoms with Crippen LogP contribution in [0.15, 0.2) is 35.3 Å². The van der Waals surface area contributed by atoms with E-state index < -0.39 is 9.84 Å². The number of sulfone groups is 1. The summed E-state index contributed by atoms with van der Waals surface area (Å²) in [5.74, 6) is 2.31. The molecule has 1 aliphatic carbocycles. The summed E-state index contributed by atoms with van der Waals surface area (Å²) in [7, 11) is -2.93. The second kappa shape index (κ2) is 10.7. The zero-order chi connectivity index (χ0) is 19.7. The van der Waals surface area contributed by atoms with E-state index >= 15 is 0 Å². The molecule has 1 aromatic carbocycles. The van der Waals surface area contributed by atoms with Gasteiger partial charge in [0.1, 0.15) is 9.84 Å². The van der Waals surface area contributed by atoms with Gasteiger partial charge in [-0.3, -0.25) is 4.99 Å². The summed E-state index contributed by atoms with van der Waals surface area (Å²) in [5.41, 5.74) is 1.47. The molecule has 6 heteroatoms. The van der Waals surface area contributed by atoms with Crippen molar-refractivity contribution in [1.29, 1.82) is 0 Å². The number of benzene rings is 1. The van der Waals surface area contributed by atoms with E-state index in [1.54, 1.807) is 0 Å². The second-order valence-corrected chi connectivity index (χ2v) is 10.1. The minimum absolute atomic E-state index is 0.0753. The summed E-state index contributed by atoms with van der Waals surface area (Å²) in [6, 6.07) is 10.9. The predicted octanol–water partition coefficient (Wildman–Crippen LogP) is 3.34. The van der Waals surface area contributed by atoms with Gasteiger partial charge in [0.2, 0.25) is 0 Å². The van der Waals surface area contributed by atoms with Gasteiger partial charge in [0, 0.05) is 25.4 Å². The average Bonchev–Trinajstić information content (AvgIpc) is 2.65. The molecule has 152 valence electrons. The zero-order valence-corrected chi connectivity index (χ0v) is 17.8. The molecule has 1 saturated carbocycles. The summed E-state index contributed by atoms with van der Waals surface area (Å²) in [5, 5.41) is 6.61. The van der Waals surface area contributed by atoms with Crippen molar-refractivity contribution in [1.82, 2.24) is 10.6 Å². The third-order valence-corrected chi connectivity index (χ3v) is 6.25. The van der Waals surface area contributed by atoms with Gasteiger partial charge in [0.05, 0.1) is 5.75 Å². The van der Waals surface area contributed by atoms with Gasteiger partial charge in [-0.25, -0.2) is 8.42 Å². The van der Waals surface area contributed by atoms with Crippen molar-refractivity contribution in [3.8, 4) is 0 Å². The van der Waals surface area contributed by atoms with Crippen LogP contribution in [0.5, 0.6) is 0 Å². The standard InChI is InChI=1S/C21H35N3O2S/c1-4-22-21(24-17(2)14-15-27(3,25)26)23-16-18-10-12-20(13-11-18)19-8-6-5-7-9-19/h5-9,17-18,20H,4,10-16H2,1-3H3,(H2,22,23,24). The van der Waals surface area contributed by atoms with Gasteiger partial charge in [-0.1, -0.05) is 30.3 Å². The van der Waals surface area contributed by atoms with Crippen molar-refractivity contribution < 1.29 is 8.42 Å². The minimum Gasteiger partial charge on any atom is -0.357 e. The lowest BCUT2D eigenvalue weighted by Gasteiger charge is -2.28. The Morgan fingerprint density at radius 1 is 1.19 bits per heavy atom. The molecule has 2 N–H and O–H groups in total. The Bertz CT molecular complexity index is 681. The number of nitrogens with zero attached hydrogens (tertiary/aromatic N) is 1. The minimum atomic E-state index is -2.93. The Morgan fingerprint density at radius 2 is 1.85 bits per heavy atom. The number of aliphatic imine (C=N–C) groups is 1. The van der Waals surface area contributed by atoms with E-state index in [1.165, 1.54) is 37.5 Å². The van der Waals surface area contributed by atoms with Crippen LogP contribution in [0.1, 0.15) is 57.4 Å². The Balaban J connectivity index is 1.81. The normalized spacial score (nSPS) is 22.3. The first kappa shape index (κ1) is 21.7. The Hall–Kier alpha value is -1.56. The van der Waals surface area contributed by atoms with Crippen LogP contribution in [-0.2, 0) is 9.84 Å². The number of hydrogen-bond acceptors (Lipinski definition) is 3. The van der Waals surface area contributed by atoms with Crippen LogP contribution in [0, 0.1) is 5.92 Å². The molecule has 0 aromatic heterocycles. The summed E-state index contributed by atoms with van der Waals surface area (Å²) < 4.78 is 22.7. The fraction of sp³-hybridized carbons (Fsp3) is 0.667. The maximum absolute atomic E-state index is 11.3. The van der Waals surface area contributed by atoms with E-state index in [2.05, 4.69) is 41.0 Å². The lowest BCUT2D eigenvalue weighted by Crippen LogP contribution is -2.43. The third-order valence-electron chi connectivity index (χ3n) is 5.27. The summed E-state index contributed by atoms with van der Waals surface area (Å²) >= 11 is 0. The molecule has 0 bridgehead atoms. The average molecular weight is 394 g/mol. The van der Waals surface area contributed by atoms with Crippen LogP contribution in [0.25, 0.3) is 0 Å². The molecule has 27 heavy (non-hydrogen) atoms. The Kier molecular flexibility index (Phi) is 8.61. The van der Waals surface area contributed by atoms with E-state index in [1.807, 2.05) is 13.8 Å². The van der Waals surface area contributed by atoms with Crippen LogP contribution in [0.4, 0.5) is 0 Å². The molecular formula is C21H35N3O2S. The van der Waals surface area contributed by atoms with Crippen molar-refractivity contribution in [2.24, 2.45) is 10.9 Å². The lowest BCUT2D eigenvalue weighted by atomic mass is 9.79. The molecule has 0 aliphatic heterocycles. The monoisotopic (exact) mass is 393 g/mol. The quantitative estimate of drug-likeness (QED) is 0.525. The molecule has 1 fully saturated rings. The van der Waals surface area contributed by atoms with E-state index in [-0.39, 0.29) is 11.8 Å². The van der Waals surface area contributed by atoms with Gasteiger partial charge in [0.15, 0.2) is 5.96 Å². The van der Waals surface area contributed by atoms with Crippen LogP contribution in [0.3, 0.4) is 0 Å². The number of hydrogen-bond donors (Lipinski definition) is 2. The molecule has 0 heterocycles. The van der Waals surface area contributed by atoms with E-state index in [0.717, 1.165) is 19.0 Å². The van der Waals surface area contributed by atoms with Crippen LogP contribution >= 0.6 is 0 Å². The summed E-state index contributed by atoms with van der Waals surface area (Å²) in [6.45, 7) is 5.67. The first-order valence-corrected chi connectivity index (χ1v) is 12.2. The first-order chi connectivity index (χ1) is 12.9. The first-order valence-electron chi connectivity index (χ1n) is 10.1. The van der Waals surface area contributed by atoms with Gasteiger partial charge >= 0.3 is 0 Å². The largest absolute Gasteiger partial charge is 0.357 e. The molecule has 0 saturated heterocycles. The highest BCUT2D eigenvalue weighted by Gasteiger charge is 2.22. The number of rotatable bonds is 8. The van der Waals surface area contributed by atoms with Crippen molar-refractivity contribution >= 4 is 15.8 Å². The highest BCUT2D eigenvalue weighted by molar-refractivity contribution is 7.90. The fourth-order valence-electron chi connectivity index (χ4n) is 3.64. The molecule has 0 spiro atoms. The van der Waals surface area contributed by atoms with E-state index in [0.29, 0.717) is 18.3 Å². The highest BCUT2D eigenvalue weighted by Crippen LogP contribution is 2.35. The van der Waals surface area contributed by atoms with E-state index in [4.69, 9.17) is 4.99 Å². The van der Waals surface area contributed by atoms with Crippen molar-refractivity contribution in [3.63, 3.8) is 0 Å². The van der Waals surface area contributed by atoms with Gasteiger partial charge in [0.25, 0.3) is 0 Å². The van der Waals surface area contributed by atoms with Crippen molar-refractivity contribution in [2.45, 2.75) is 57.9 Å². The van der Waals surface area contributed by atoms with Crippen LogP contribution < -0.4 is 10.6 Å². The van der Waals surface area contributed by atoms with Crippen LogP contribution in [0.2, 0.25) is 0 Å². The fourth-order valence-corrected chi connectivity index (χ4v) is 4.42. The molecule has 2 rings (SSSR count). The van der Waals surface area contributed by atoms with Gasteiger partial charge in [-0.15, -0.1) is 0 Å². The zero-order valence-electron chi connectivity index (χ0n) is 16.9. The second-order valence-electron chi connectivity index (χ2n) is 7.81. The van der Waals surface area contributed by atoms with E-state index in [9.17, 15) is 8.42 Å². The third kappa shape index (κ3) is 8.33. The summed E-state index contributed by atoms with van der Waals surface area (Å²) in [4.78, 5) is 4.76. The molecular weight excluding hydrogens is 358 g/mol. The molecule has 0 amide bonds. The van der Waals surface area contributed by atoms with Crippen molar-refractivity contribution in [3.05, 3.63) is 35.9 Å². The van der Waals surface area contributed by atoms with Crippen LogP contribution in [-0.4, -0.2) is 45.5 Å².